The first kappa shape index (κ1) is 13.9. The monoisotopic (exact) mass is 294 g/mol. The number of aliphatic hydroxyl groups excluding tert-OH is 1. The summed E-state index contributed by atoms with van der Waals surface area (Å²) in [5.41, 5.74) is 0.408. The molecule has 2 aromatic rings. The second-order valence-corrected chi connectivity index (χ2v) is 5.09. The van der Waals surface area contributed by atoms with Gasteiger partial charge in [0.25, 0.3) is 0 Å². The van der Waals surface area contributed by atoms with Crippen LogP contribution in [0.2, 0.25) is 0 Å². The Morgan fingerprint density at radius 1 is 0.952 bits per heavy atom. The molecule has 1 saturated carbocycles. The summed E-state index contributed by atoms with van der Waals surface area (Å²) in [5, 5.41) is 10.1. The van der Waals surface area contributed by atoms with E-state index in [0.29, 0.717) is 11.3 Å². The van der Waals surface area contributed by atoms with E-state index in [4.69, 9.17) is 4.74 Å². The summed E-state index contributed by atoms with van der Waals surface area (Å²) < 4.78 is 44.8. The molecule has 1 unspecified atom stereocenters. The van der Waals surface area contributed by atoms with E-state index in [9.17, 15) is 18.3 Å². The fourth-order valence-corrected chi connectivity index (χ4v) is 2.03. The molecule has 0 bridgehead atoms. The molecule has 110 valence electrons. The zero-order valence-corrected chi connectivity index (χ0v) is 11.0. The summed E-state index contributed by atoms with van der Waals surface area (Å²) in [6.07, 6.45) is 1.11. The van der Waals surface area contributed by atoms with E-state index in [1.54, 1.807) is 24.3 Å². The number of benzene rings is 2. The number of hydrogen-bond donors (Lipinski definition) is 1. The van der Waals surface area contributed by atoms with Crippen LogP contribution in [-0.4, -0.2) is 11.2 Å². The van der Waals surface area contributed by atoms with Crippen molar-refractivity contribution in [3.63, 3.8) is 0 Å². The van der Waals surface area contributed by atoms with Crippen molar-refractivity contribution < 1.29 is 23.0 Å². The molecule has 0 amide bonds. The van der Waals surface area contributed by atoms with Gasteiger partial charge in [-0.05, 0) is 48.2 Å². The molecular weight excluding hydrogens is 281 g/mol. The lowest BCUT2D eigenvalue weighted by atomic mass is 10.0. The van der Waals surface area contributed by atoms with Crippen LogP contribution in [0.25, 0.3) is 0 Å². The summed E-state index contributed by atoms with van der Waals surface area (Å²) in [5.74, 6) is -3.50. The lowest BCUT2D eigenvalue weighted by molar-refractivity contribution is 0.218. The van der Waals surface area contributed by atoms with Gasteiger partial charge in [0.05, 0.1) is 6.10 Å². The maximum Gasteiger partial charge on any atom is 0.194 e. The van der Waals surface area contributed by atoms with E-state index < -0.39 is 23.6 Å². The van der Waals surface area contributed by atoms with Crippen molar-refractivity contribution in [1.29, 1.82) is 0 Å². The van der Waals surface area contributed by atoms with Crippen molar-refractivity contribution in [3.05, 3.63) is 65.0 Å². The van der Waals surface area contributed by atoms with Crippen LogP contribution in [-0.2, 0) is 0 Å². The lowest BCUT2D eigenvalue weighted by Gasteiger charge is -2.13. The van der Waals surface area contributed by atoms with Crippen molar-refractivity contribution in [2.75, 3.05) is 0 Å². The van der Waals surface area contributed by atoms with E-state index in [1.165, 1.54) is 0 Å². The number of rotatable bonds is 4. The zero-order chi connectivity index (χ0) is 15.0. The Morgan fingerprint density at radius 3 is 2.05 bits per heavy atom. The molecule has 0 aromatic heterocycles. The largest absolute Gasteiger partial charge is 0.490 e. The van der Waals surface area contributed by atoms with Gasteiger partial charge >= 0.3 is 0 Å². The standard InChI is InChI=1S/C16H13F3O2/c17-13-7-10(8-14(18)15(13)19)16(20)9-1-3-11(4-2-9)21-12-5-6-12/h1-4,7-8,12,16,20H,5-6H2. The van der Waals surface area contributed by atoms with Gasteiger partial charge in [0, 0.05) is 0 Å². The highest BCUT2D eigenvalue weighted by Crippen LogP contribution is 2.29. The van der Waals surface area contributed by atoms with Crippen LogP contribution < -0.4 is 4.74 Å². The van der Waals surface area contributed by atoms with Crippen LogP contribution in [0, 0.1) is 17.5 Å². The van der Waals surface area contributed by atoms with Crippen molar-refractivity contribution in [3.8, 4) is 5.75 Å². The summed E-state index contributed by atoms with van der Waals surface area (Å²) in [6.45, 7) is 0. The molecule has 1 fully saturated rings. The maximum atomic E-state index is 13.2. The van der Waals surface area contributed by atoms with E-state index >= 15 is 0 Å². The molecule has 1 N–H and O–H groups in total. The molecular formula is C16H13F3O2. The minimum Gasteiger partial charge on any atom is -0.490 e. The number of aliphatic hydroxyl groups is 1. The van der Waals surface area contributed by atoms with Crippen LogP contribution in [0.4, 0.5) is 13.2 Å². The minimum atomic E-state index is -1.54. The van der Waals surface area contributed by atoms with Gasteiger partial charge in [-0.2, -0.15) is 0 Å². The van der Waals surface area contributed by atoms with Crippen molar-refractivity contribution in [1.82, 2.24) is 0 Å². The molecule has 1 atom stereocenters. The predicted octanol–water partition coefficient (Wildman–Crippen LogP) is 3.73. The highest BCUT2D eigenvalue weighted by Gasteiger charge is 2.23. The van der Waals surface area contributed by atoms with Gasteiger partial charge in [-0.3, -0.25) is 0 Å². The Balaban J connectivity index is 1.82. The Kier molecular flexibility index (Phi) is 3.59. The van der Waals surface area contributed by atoms with Crippen LogP contribution in [0.3, 0.4) is 0 Å². The second kappa shape index (κ2) is 5.41. The Bertz CT molecular complexity index is 628. The molecule has 2 nitrogen and oxygen atoms in total. The average Bonchev–Trinajstić information content (AvgIpc) is 3.28. The zero-order valence-electron chi connectivity index (χ0n) is 11.0. The summed E-state index contributed by atoms with van der Waals surface area (Å²) in [6, 6.07) is 8.18. The molecule has 21 heavy (non-hydrogen) atoms. The first-order valence-electron chi connectivity index (χ1n) is 6.63. The molecule has 5 heteroatoms. The Morgan fingerprint density at radius 2 is 1.52 bits per heavy atom. The van der Waals surface area contributed by atoms with Crippen molar-refractivity contribution >= 4 is 0 Å². The minimum absolute atomic E-state index is 0.0396. The van der Waals surface area contributed by atoms with E-state index in [1.807, 2.05) is 0 Å². The van der Waals surface area contributed by atoms with Crippen LogP contribution in [0.15, 0.2) is 36.4 Å². The predicted molar refractivity (Wildman–Crippen MR) is 70.5 cm³/mol. The van der Waals surface area contributed by atoms with Gasteiger partial charge in [0.1, 0.15) is 11.9 Å². The van der Waals surface area contributed by atoms with Gasteiger partial charge in [0.15, 0.2) is 17.5 Å². The number of hydrogen-bond acceptors (Lipinski definition) is 2. The Labute approximate surface area is 119 Å². The molecule has 0 saturated heterocycles. The van der Waals surface area contributed by atoms with Gasteiger partial charge in [-0.15, -0.1) is 0 Å². The molecule has 2 aromatic carbocycles. The van der Waals surface area contributed by atoms with Gasteiger partial charge in [0.2, 0.25) is 0 Å². The second-order valence-electron chi connectivity index (χ2n) is 5.09. The third-order valence-electron chi connectivity index (χ3n) is 3.34. The molecule has 0 radical (unpaired) electrons. The van der Waals surface area contributed by atoms with Crippen LogP contribution >= 0.6 is 0 Å². The summed E-state index contributed by atoms with van der Waals surface area (Å²) in [4.78, 5) is 0. The molecule has 1 aliphatic carbocycles. The highest BCUT2D eigenvalue weighted by molar-refractivity contribution is 5.35. The molecule has 3 rings (SSSR count). The van der Waals surface area contributed by atoms with Crippen LogP contribution in [0.5, 0.6) is 5.75 Å². The number of halogens is 3. The van der Waals surface area contributed by atoms with Crippen LogP contribution in [0.1, 0.15) is 30.1 Å². The smallest absolute Gasteiger partial charge is 0.194 e. The maximum absolute atomic E-state index is 13.2. The van der Waals surface area contributed by atoms with Gasteiger partial charge in [-0.1, -0.05) is 12.1 Å². The lowest BCUT2D eigenvalue weighted by Crippen LogP contribution is -2.03. The summed E-state index contributed by atoms with van der Waals surface area (Å²) in [7, 11) is 0. The van der Waals surface area contributed by atoms with E-state index in [-0.39, 0.29) is 11.7 Å². The molecule has 0 aliphatic heterocycles. The van der Waals surface area contributed by atoms with E-state index in [0.717, 1.165) is 25.0 Å². The van der Waals surface area contributed by atoms with Gasteiger partial charge in [-0.25, -0.2) is 13.2 Å². The highest BCUT2D eigenvalue weighted by atomic mass is 19.2. The third-order valence-corrected chi connectivity index (χ3v) is 3.34. The first-order valence-corrected chi connectivity index (χ1v) is 6.63. The first-order chi connectivity index (χ1) is 10.0. The number of ether oxygens (including phenoxy) is 1. The van der Waals surface area contributed by atoms with Crippen molar-refractivity contribution in [2.45, 2.75) is 25.0 Å². The van der Waals surface area contributed by atoms with E-state index in [2.05, 4.69) is 0 Å². The quantitative estimate of drug-likeness (QED) is 0.871. The molecule has 1 aliphatic rings. The fraction of sp³-hybridized carbons (Fsp3) is 0.250. The average molecular weight is 294 g/mol. The topological polar surface area (TPSA) is 29.5 Å². The summed E-state index contributed by atoms with van der Waals surface area (Å²) >= 11 is 0. The van der Waals surface area contributed by atoms with Gasteiger partial charge < -0.3 is 9.84 Å². The SMILES string of the molecule is OC(c1ccc(OC2CC2)cc1)c1cc(F)c(F)c(F)c1. The fourth-order valence-electron chi connectivity index (χ4n) is 2.03. The molecule has 0 heterocycles. The third kappa shape index (κ3) is 3.03. The Hall–Kier alpha value is -2.01. The normalized spacial score (nSPS) is 15.8. The molecule has 0 spiro atoms. The van der Waals surface area contributed by atoms with Crippen molar-refractivity contribution in [2.24, 2.45) is 0 Å².